The summed E-state index contributed by atoms with van der Waals surface area (Å²) in [5, 5.41) is 3.28. The second-order valence-corrected chi connectivity index (χ2v) is 4.88. The van der Waals surface area contributed by atoms with E-state index in [1.807, 2.05) is 0 Å². The van der Waals surface area contributed by atoms with Crippen molar-refractivity contribution in [2.75, 3.05) is 13.7 Å². The van der Waals surface area contributed by atoms with Gasteiger partial charge < -0.3 is 10.1 Å². The van der Waals surface area contributed by atoms with Crippen LogP contribution in [0.1, 0.15) is 38.5 Å². The first-order valence-corrected chi connectivity index (χ1v) is 6.12. The summed E-state index contributed by atoms with van der Waals surface area (Å²) in [6.45, 7) is 1.00. The third-order valence-corrected chi connectivity index (χ3v) is 3.97. The smallest absolute Gasteiger partial charge is 0.322 e. The second-order valence-electron chi connectivity index (χ2n) is 4.88. The van der Waals surface area contributed by atoms with E-state index in [1.54, 1.807) is 0 Å². The van der Waals surface area contributed by atoms with Crippen LogP contribution >= 0.6 is 0 Å². The van der Waals surface area contributed by atoms with Gasteiger partial charge >= 0.3 is 5.97 Å². The Morgan fingerprint density at radius 1 is 1.20 bits per heavy atom. The van der Waals surface area contributed by atoms with Gasteiger partial charge in [0.25, 0.3) is 0 Å². The van der Waals surface area contributed by atoms with Crippen LogP contribution in [0.5, 0.6) is 0 Å². The minimum atomic E-state index is -0.0895. The van der Waals surface area contributed by atoms with E-state index in [2.05, 4.69) is 5.32 Å². The van der Waals surface area contributed by atoms with Crippen LogP contribution in [0.2, 0.25) is 0 Å². The normalized spacial score (nSPS) is 32.9. The van der Waals surface area contributed by atoms with Gasteiger partial charge in [0.15, 0.2) is 0 Å². The van der Waals surface area contributed by atoms with Crippen molar-refractivity contribution in [3.8, 4) is 0 Å². The SMILES string of the molecule is COC(=O)[C@H]1C[C@@H](C2CCCCC2)CN1. The lowest BCUT2D eigenvalue weighted by molar-refractivity contribution is -0.142. The minimum absolute atomic E-state index is 0.0399. The highest BCUT2D eigenvalue weighted by Crippen LogP contribution is 2.34. The summed E-state index contributed by atoms with van der Waals surface area (Å²) in [6.07, 6.45) is 7.86. The zero-order valence-corrected chi connectivity index (χ0v) is 9.50. The third kappa shape index (κ3) is 2.51. The Morgan fingerprint density at radius 2 is 1.93 bits per heavy atom. The highest BCUT2D eigenvalue weighted by molar-refractivity contribution is 5.76. The quantitative estimate of drug-likeness (QED) is 0.707. The lowest BCUT2D eigenvalue weighted by atomic mass is 9.79. The van der Waals surface area contributed by atoms with Gasteiger partial charge in [0.05, 0.1) is 7.11 Å². The zero-order chi connectivity index (χ0) is 10.7. The highest BCUT2D eigenvalue weighted by Gasteiger charge is 2.34. The molecular formula is C12H21NO2. The van der Waals surface area contributed by atoms with E-state index in [4.69, 9.17) is 4.74 Å². The summed E-state index contributed by atoms with van der Waals surface area (Å²) < 4.78 is 4.77. The van der Waals surface area contributed by atoms with Gasteiger partial charge in [-0.3, -0.25) is 4.79 Å². The molecule has 0 aromatic heterocycles. The molecule has 15 heavy (non-hydrogen) atoms. The molecule has 0 aromatic carbocycles. The highest BCUT2D eigenvalue weighted by atomic mass is 16.5. The summed E-state index contributed by atoms with van der Waals surface area (Å²) in [7, 11) is 1.47. The molecule has 3 nitrogen and oxygen atoms in total. The first kappa shape index (κ1) is 10.9. The third-order valence-electron chi connectivity index (χ3n) is 3.97. The molecule has 3 heteroatoms. The van der Waals surface area contributed by atoms with Crippen LogP contribution in [-0.4, -0.2) is 25.7 Å². The molecule has 0 unspecified atom stereocenters. The Bertz CT molecular complexity index is 224. The molecule has 1 saturated heterocycles. The molecule has 1 heterocycles. The summed E-state index contributed by atoms with van der Waals surface area (Å²) in [4.78, 5) is 11.4. The van der Waals surface area contributed by atoms with Crippen molar-refractivity contribution in [3.05, 3.63) is 0 Å². The van der Waals surface area contributed by atoms with E-state index in [9.17, 15) is 4.79 Å². The molecule has 86 valence electrons. The van der Waals surface area contributed by atoms with Crippen LogP contribution in [0, 0.1) is 11.8 Å². The maximum atomic E-state index is 11.4. The molecule has 0 aromatic rings. The van der Waals surface area contributed by atoms with Crippen molar-refractivity contribution >= 4 is 5.97 Å². The Morgan fingerprint density at radius 3 is 2.60 bits per heavy atom. The lowest BCUT2D eigenvalue weighted by Gasteiger charge is -2.26. The average molecular weight is 211 g/mol. The number of rotatable bonds is 2. The predicted octanol–water partition coefficient (Wildman–Crippen LogP) is 1.72. The molecule has 0 spiro atoms. The number of ether oxygens (including phenoxy) is 1. The number of methoxy groups -OCH3 is 1. The second kappa shape index (κ2) is 4.97. The van der Waals surface area contributed by atoms with Gasteiger partial charge in [-0.25, -0.2) is 0 Å². The molecule has 2 atom stereocenters. The van der Waals surface area contributed by atoms with E-state index in [0.717, 1.165) is 18.9 Å². The van der Waals surface area contributed by atoms with Crippen LogP contribution in [0.15, 0.2) is 0 Å². The van der Waals surface area contributed by atoms with Crippen LogP contribution < -0.4 is 5.32 Å². The molecular weight excluding hydrogens is 190 g/mol. The molecule has 1 saturated carbocycles. The van der Waals surface area contributed by atoms with Crippen molar-refractivity contribution in [2.24, 2.45) is 11.8 Å². The maximum absolute atomic E-state index is 11.4. The number of hydrogen-bond donors (Lipinski definition) is 1. The summed E-state index contributed by atoms with van der Waals surface area (Å²) in [5.74, 6) is 1.46. The molecule has 0 bridgehead atoms. The van der Waals surface area contributed by atoms with Gasteiger partial charge in [-0.15, -0.1) is 0 Å². The first-order chi connectivity index (χ1) is 7.31. The average Bonchev–Trinajstić information content (AvgIpc) is 2.78. The Balaban J connectivity index is 1.83. The molecule has 2 fully saturated rings. The van der Waals surface area contributed by atoms with Crippen molar-refractivity contribution in [1.82, 2.24) is 5.32 Å². The summed E-state index contributed by atoms with van der Waals surface area (Å²) >= 11 is 0. The molecule has 1 aliphatic heterocycles. The Hall–Kier alpha value is -0.570. The first-order valence-electron chi connectivity index (χ1n) is 6.12. The summed E-state index contributed by atoms with van der Waals surface area (Å²) in [5.41, 5.74) is 0. The van der Waals surface area contributed by atoms with Crippen molar-refractivity contribution in [2.45, 2.75) is 44.6 Å². The van der Waals surface area contributed by atoms with E-state index in [1.165, 1.54) is 39.2 Å². The standard InChI is InChI=1S/C12H21NO2/c1-15-12(14)11-7-10(8-13-11)9-5-3-2-4-6-9/h9-11,13H,2-8H2,1H3/t10-,11-/m1/s1. The zero-order valence-electron chi connectivity index (χ0n) is 9.50. The largest absolute Gasteiger partial charge is 0.468 e. The van der Waals surface area contributed by atoms with E-state index < -0.39 is 0 Å². The lowest BCUT2D eigenvalue weighted by Crippen LogP contribution is -2.31. The molecule has 2 rings (SSSR count). The van der Waals surface area contributed by atoms with E-state index in [-0.39, 0.29) is 12.0 Å². The molecule has 2 aliphatic rings. The van der Waals surface area contributed by atoms with Crippen molar-refractivity contribution in [3.63, 3.8) is 0 Å². The van der Waals surface area contributed by atoms with Crippen LogP contribution in [0.25, 0.3) is 0 Å². The monoisotopic (exact) mass is 211 g/mol. The molecule has 0 radical (unpaired) electrons. The number of nitrogens with one attached hydrogen (secondary N) is 1. The molecule has 0 amide bonds. The molecule has 1 N–H and O–H groups in total. The van der Waals surface area contributed by atoms with Gasteiger partial charge in [0.2, 0.25) is 0 Å². The van der Waals surface area contributed by atoms with Gasteiger partial charge in [0, 0.05) is 0 Å². The van der Waals surface area contributed by atoms with E-state index >= 15 is 0 Å². The van der Waals surface area contributed by atoms with E-state index in [0.29, 0.717) is 5.92 Å². The van der Waals surface area contributed by atoms with Crippen LogP contribution in [-0.2, 0) is 9.53 Å². The minimum Gasteiger partial charge on any atom is -0.468 e. The Labute approximate surface area is 91.6 Å². The van der Waals surface area contributed by atoms with Gasteiger partial charge in [-0.2, -0.15) is 0 Å². The van der Waals surface area contributed by atoms with Crippen LogP contribution in [0.3, 0.4) is 0 Å². The van der Waals surface area contributed by atoms with Gasteiger partial charge in [0.1, 0.15) is 6.04 Å². The fraction of sp³-hybridized carbons (Fsp3) is 0.917. The van der Waals surface area contributed by atoms with Crippen LogP contribution in [0.4, 0.5) is 0 Å². The van der Waals surface area contributed by atoms with Crippen molar-refractivity contribution in [1.29, 1.82) is 0 Å². The predicted molar refractivity (Wildman–Crippen MR) is 58.5 cm³/mol. The number of carbonyl (C=O) groups excluding carboxylic acids is 1. The fourth-order valence-electron chi connectivity index (χ4n) is 3.05. The number of esters is 1. The van der Waals surface area contributed by atoms with Gasteiger partial charge in [-0.1, -0.05) is 32.1 Å². The fourth-order valence-corrected chi connectivity index (χ4v) is 3.05. The van der Waals surface area contributed by atoms with Gasteiger partial charge in [-0.05, 0) is 24.8 Å². The summed E-state index contributed by atoms with van der Waals surface area (Å²) in [6, 6.07) is -0.0399. The maximum Gasteiger partial charge on any atom is 0.322 e. The van der Waals surface area contributed by atoms with Crippen molar-refractivity contribution < 1.29 is 9.53 Å². The Kier molecular flexibility index (Phi) is 3.62. The number of carbonyl (C=O) groups is 1. The number of hydrogen-bond acceptors (Lipinski definition) is 3. The molecule has 1 aliphatic carbocycles. The topological polar surface area (TPSA) is 38.3 Å².